The highest BCUT2D eigenvalue weighted by Crippen LogP contribution is 2.43. The molecule has 1 aromatic heterocycles. The lowest BCUT2D eigenvalue weighted by molar-refractivity contribution is -0.137. The smallest absolute Gasteiger partial charge is 0.417 e. The van der Waals surface area contributed by atoms with Crippen molar-refractivity contribution in [2.75, 3.05) is 0 Å². The Kier molecular flexibility index (Phi) is 3.71. The molecule has 0 aliphatic carbocycles. The van der Waals surface area contributed by atoms with E-state index >= 15 is 0 Å². The lowest BCUT2D eigenvalue weighted by atomic mass is 9.91. The Labute approximate surface area is 133 Å². The van der Waals surface area contributed by atoms with Gasteiger partial charge in [-0.25, -0.2) is 9.18 Å². The number of nitrogens with zero attached hydrogens (tertiary/aromatic N) is 1. The first-order valence-corrected chi connectivity index (χ1v) is 6.78. The van der Waals surface area contributed by atoms with E-state index in [1.54, 1.807) is 0 Å². The van der Waals surface area contributed by atoms with E-state index in [-0.39, 0.29) is 16.5 Å². The third-order valence-electron chi connectivity index (χ3n) is 3.55. The van der Waals surface area contributed by atoms with Crippen LogP contribution in [0, 0.1) is 5.82 Å². The molecule has 0 radical (unpaired) electrons. The minimum atomic E-state index is -4.99. The van der Waals surface area contributed by atoms with E-state index in [1.165, 1.54) is 36.5 Å². The third kappa shape index (κ3) is 2.58. The Hall–Kier alpha value is -2.96. The second-order valence-electron chi connectivity index (χ2n) is 5.03. The number of alkyl halides is 3. The molecular weight excluding hydrogens is 326 g/mol. The molecule has 2 aromatic carbocycles. The summed E-state index contributed by atoms with van der Waals surface area (Å²) in [5, 5.41) is 9.40. The van der Waals surface area contributed by atoms with Crippen LogP contribution in [0.1, 0.15) is 15.9 Å². The number of hydrogen-bond acceptors (Lipinski definition) is 2. The molecule has 0 fully saturated rings. The van der Waals surface area contributed by atoms with Crippen molar-refractivity contribution in [1.29, 1.82) is 0 Å². The van der Waals surface area contributed by atoms with E-state index in [1.807, 2.05) is 0 Å². The molecule has 122 valence electrons. The van der Waals surface area contributed by atoms with Crippen molar-refractivity contribution in [3.63, 3.8) is 0 Å². The van der Waals surface area contributed by atoms with Gasteiger partial charge in [0.15, 0.2) is 0 Å². The zero-order valence-corrected chi connectivity index (χ0v) is 11.9. The number of halogens is 4. The first-order chi connectivity index (χ1) is 11.3. The first-order valence-electron chi connectivity index (χ1n) is 6.78. The van der Waals surface area contributed by atoms with E-state index in [2.05, 4.69) is 4.98 Å². The topological polar surface area (TPSA) is 50.2 Å². The number of carbonyl (C=O) groups is 1. The van der Waals surface area contributed by atoms with Crippen molar-refractivity contribution in [2.45, 2.75) is 6.18 Å². The van der Waals surface area contributed by atoms with E-state index in [9.17, 15) is 27.5 Å². The quantitative estimate of drug-likeness (QED) is 0.687. The van der Waals surface area contributed by atoms with Crippen LogP contribution in [0.15, 0.2) is 48.7 Å². The van der Waals surface area contributed by atoms with Gasteiger partial charge in [0, 0.05) is 22.7 Å². The second kappa shape index (κ2) is 5.59. The molecule has 0 atom stereocenters. The van der Waals surface area contributed by atoms with Crippen LogP contribution in [0.2, 0.25) is 0 Å². The predicted octanol–water partition coefficient (Wildman–Crippen LogP) is 4.76. The molecule has 0 aliphatic rings. The number of hydrogen-bond donors (Lipinski definition) is 1. The molecule has 3 rings (SSSR count). The summed E-state index contributed by atoms with van der Waals surface area (Å²) in [6.45, 7) is 0. The van der Waals surface area contributed by atoms with Gasteiger partial charge in [-0.3, -0.25) is 4.98 Å². The Balaban J connectivity index is 2.58. The summed E-state index contributed by atoms with van der Waals surface area (Å²) in [6.07, 6.45) is -3.72. The van der Waals surface area contributed by atoms with Crippen molar-refractivity contribution in [1.82, 2.24) is 4.98 Å². The van der Waals surface area contributed by atoms with Crippen molar-refractivity contribution in [3.8, 4) is 11.1 Å². The van der Waals surface area contributed by atoms with Crippen LogP contribution in [0.3, 0.4) is 0 Å². The van der Waals surface area contributed by atoms with Crippen molar-refractivity contribution in [3.05, 3.63) is 65.6 Å². The van der Waals surface area contributed by atoms with Gasteiger partial charge in [0.1, 0.15) is 5.82 Å². The molecule has 3 nitrogen and oxygen atoms in total. The van der Waals surface area contributed by atoms with Crippen molar-refractivity contribution >= 4 is 16.9 Å². The van der Waals surface area contributed by atoms with Crippen molar-refractivity contribution in [2.24, 2.45) is 0 Å². The maximum atomic E-state index is 14.2. The number of pyridine rings is 1. The Morgan fingerprint density at radius 2 is 1.79 bits per heavy atom. The highest BCUT2D eigenvalue weighted by molar-refractivity contribution is 6.03. The van der Waals surface area contributed by atoms with Gasteiger partial charge in [-0.1, -0.05) is 24.3 Å². The molecule has 0 bridgehead atoms. The Morgan fingerprint density at radius 1 is 1.08 bits per heavy atom. The van der Waals surface area contributed by atoms with Crippen molar-refractivity contribution < 1.29 is 27.5 Å². The number of carboxylic acids is 1. The largest absolute Gasteiger partial charge is 0.478 e. The highest BCUT2D eigenvalue weighted by Gasteiger charge is 2.40. The second-order valence-corrected chi connectivity index (χ2v) is 5.03. The average molecular weight is 335 g/mol. The number of carboxylic acid groups (broad SMARTS) is 1. The van der Waals surface area contributed by atoms with Crippen LogP contribution >= 0.6 is 0 Å². The van der Waals surface area contributed by atoms with Gasteiger partial charge in [-0.05, 0) is 18.2 Å². The van der Waals surface area contributed by atoms with Gasteiger partial charge in [0.25, 0.3) is 0 Å². The summed E-state index contributed by atoms with van der Waals surface area (Å²) in [4.78, 5) is 15.3. The summed E-state index contributed by atoms with van der Waals surface area (Å²) in [5.74, 6) is -2.64. The van der Waals surface area contributed by atoms with Crippen LogP contribution < -0.4 is 0 Å². The molecule has 24 heavy (non-hydrogen) atoms. The molecule has 0 aliphatic heterocycles. The molecule has 0 saturated carbocycles. The molecule has 0 spiro atoms. The van der Waals surface area contributed by atoms with Crippen LogP contribution in [-0.2, 0) is 6.18 Å². The Morgan fingerprint density at radius 3 is 2.42 bits per heavy atom. The predicted molar refractivity (Wildman–Crippen MR) is 79.1 cm³/mol. The standard InChI is InChI=1S/C17H9F4NO2/c18-12-6-2-1-5-10(12)13-14(17(19,20)21)11(16(23)24)8-9-4-3-7-22-15(9)13/h1-8H,(H,23,24). The molecule has 1 N–H and O–H groups in total. The summed E-state index contributed by atoms with van der Waals surface area (Å²) < 4.78 is 55.0. The zero-order valence-electron chi connectivity index (χ0n) is 11.9. The molecule has 0 amide bonds. The summed E-state index contributed by atoms with van der Waals surface area (Å²) in [6, 6.07) is 8.68. The van der Waals surface area contributed by atoms with Crippen LogP contribution in [0.5, 0.6) is 0 Å². The SMILES string of the molecule is O=C(O)c1cc2cccnc2c(-c2ccccc2F)c1C(F)(F)F. The van der Waals surface area contributed by atoms with Crippen LogP contribution in [0.25, 0.3) is 22.0 Å². The van der Waals surface area contributed by atoms with E-state index in [4.69, 9.17) is 0 Å². The molecule has 0 saturated heterocycles. The lowest BCUT2D eigenvalue weighted by Gasteiger charge is -2.18. The van der Waals surface area contributed by atoms with E-state index in [0.717, 1.165) is 12.1 Å². The molecule has 0 unspecified atom stereocenters. The van der Waals surface area contributed by atoms with Gasteiger partial charge in [0.2, 0.25) is 0 Å². The van der Waals surface area contributed by atoms with E-state index < -0.39 is 34.7 Å². The van der Waals surface area contributed by atoms with Gasteiger partial charge < -0.3 is 5.11 Å². The Bertz CT molecular complexity index is 951. The van der Waals surface area contributed by atoms with Gasteiger partial charge in [-0.2, -0.15) is 13.2 Å². The fraction of sp³-hybridized carbons (Fsp3) is 0.0588. The zero-order chi connectivity index (χ0) is 17.5. The summed E-state index contributed by atoms with van der Waals surface area (Å²) in [5.41, 5.74) is -3.39. The van der Waals surface area contributed by atoms with Crippen LogP contribution in [-0.4, -0.2) is 16.1 Å². The number of aromatic nitrogens is 1. The minimum absolute atomic E-state index is 0.111. The molecule has 7 heteroatoms. The highest BCUT2D eigenvalue weighted by atomic mass is 19.4. The number of rotatable bonds is 2. The number of fused-ring (bicyclic) bond motifs is 1. The minimum Gasteiger partial charge on any atom is -0.478 e. The van der Waals surface area contributed by atoms with Gasteiger partial charge in [0.05, 0.1) is 16.6 Å². The van der Waals surface area contributed by atoms with E-state index in [0.29, 0.717) is 0 Å². The lowest BCUT2D eigenvalue weighted by Crippen LogP contribution is -2.15. The maximum Gasteiger partial charge on any atom is 0.417 e. The molecule has 1 heterocycles. The monoisotopic (exact) mass is 335 g/mol. The number of benzene rings is 2. The normalized spacial score (nSPS) is 11.7. The molecule has 3 aromatic rings. The average Bonchev–Trinajstić information content (AvgIpc) is 2.52. The molecular formula is C17H9F4NO2. The fourth-order valence-corrected chi connectivity index (χ4v) is 2.61. The fourth-order valence-electron chi connectivity index (χ4n) is 2.61. The maximum absolute atomic E-state index is 14.2. The summed E-state index contributed by atoms with van der Waals surface area (Å²) in [7, 11) is 0. The van der Waals surface area contributed by atoms with Gasteiger partial charge >= 0.3 is 12.1 Å². The van der Waals surface area contributed by atoms with Gasteiger partial charge in [-0.15, -0.1) is 0 Å². The summed E-state index contributed by atoms with van der Waals surface area (Å²) >= 11 is 0. The third-order valence-corrected chi connectivity index (χ3v) is 3.55. The first kappa shape index (κ1) is 15.9. The van der Waals surface area contributed by atoms with Crippen LogP contribution in [0.4, 0.5) is 17.6 Å². The number of aromatic carboxylic acids is 1.